The van der Waals surface area contributed by atoms with Crippen LogP contribution in [0.15, 0.2) is 24.3 Å². The Bertz CT molecular complexity index is 400. The summed E-state index contributed by atoms with van der Waals surface area (Å²) in [6.07, 6.45) is 5.62. The Hall–Kier alpha value is -2.05. The molecule has 0 aliphatic heterocycles. The number of aryl methyl sites for hydroxylation is 1. The summed E-state index contributed by atoms with van der Waals surface area (Å²) in [5.41, 5.74) is 1.34. The summed E-state index contributed by atoms with van der Waals surface area (Å²) in [6.45, 7) is 13.6. The van der Waals surface area contributed by atoms with Gasteiger partial charge in [0.25, 0.3) is 0 Å². The minimum atomic E-state index is -0.0370. The van der Waals surface area contributed by atoms with Gasteiger partial charge in [-0.1, -0.05) is 31.9 Å². The summed E-state index contributed by atoms with van der Waals surface area (Å²) in [6, 6.07) is 7.97. The third-order valence-corrected chi connectivity index (χ3v) is 3.11. The summed E-state index contributed by atoms with van der Waals surface area (Å²) < 4.78 is 15.3. The van der Waals surface area contributed by atoms with Crippen LogP contribution < -0.4 is 4.74 Å². The van der Waals surface area contributed by atoms with Gasteiger partial charge in [0.05, 0.1) is 0 Å². The van der Waals surface area contributed by atoms with Gasteiger partial charge < -0.3 is 23.8 Å². The highest BCUT2D eigenvalue weighted by Crippen LogP contribution is 2.13. The van der Waals surface area contributed by atoms with Crippen molar-refractivity contribution in [1.29, 1.82) is 0 Å². The number of carbonyl (C=O) groups is 3. The van der Waals surface area contributed by atoms with E-state index in [1.807, 2.05) is 46.5 Å². The zero-order valence-corrected chi connectivity index (χ0v) is 17.3. The maximum absolute atomic E-state index is 10.1. The van der Waals surface area contributed by atoms with Crippen LogP contribution in [0.4, 0.5) is 0 Å². The maximum atomic E-state index is 10.1. The van der Waals surface area contributed by atoms with Gasteiger partial charge in [0, 0.05) is 13.2 Å². The van der Waals surface area contributed by atoms with Gasteiger partial charge >= 0.3 is 0 Å². The average molecular weight is 385 g/mol. The second-order valence-corrected chi connectivity index (χ2v) is 5.06. The summed E-state index contributed by atoms with van der Waals surface area (Å²) in [4.78, 5) is 26.1. The van der Waals surface area contributed by atoms with Gasteiger partial charge in [0.15, 0.2) is 12.6 Å². The number of hydrogen-bond acceptors (Lipinski definition) is 6. The van der Waals surface area contributed by atoms with E-state index in [1.165, 1.54) is 24.8 Å². The van der Waals surface area contributed by atoms with E-state index in [0.29, 0.717) is 0 Å². The minimum absolute atomic E-state index is 0.0370. The Morgan fingerprint density at radius 1 is 0.926 bits per heavy atom. The van der Waals surface area contributed by atoms with Gasteiger partial charge in [-0.15, -0.1) is 0 Å². The molecule has 0 saturated carbocycles. The van der Waals surface area contributed by atoms with Crippen molar-refractivity contribution in [3.8, 4) is 5.75 Å². The van der Waals surface area contributed by atoms with E-state index in [4.69, 9.17) is 23.8 Å². The van der Waals surface area contributed by atoms with Crippen LogP contribution in [0.2, 0.25) is 0 Å². The molecule has 0 atom stereocenters. The lowest BCUT2D eigenvalue weighted by Gasteiger charge is -2.09. The largest absolute Gasteiger partial charge is 0.486 e. The van der Waals surface area contributed by atoms with Gasteiger partial charge in [0.2, 0.25) is 0 Å². The van der Waals surface area contributed by atoms with Crippen LogP contribution in [0.3, 0.4) is 0 Å². The third-order valence-electron chi connectivity index (χ3n) is 3.11. The summed E-state index contributed by atoms with van der Waals surface area (Å²) in [5.74, 6) is 0.765. The van der Waals surface area contributed by atoms with Gasteiger partial charge in [-0.25, -0.2) is 0 Å². The lowest BCUT2D eigenvalue weighted by Crippen LogP contribution is -2.11. The molecule has 0 unspecified atom stereocenters. The normalized spacial score (nSPS) is 8.93. The van der Waals surface area contributed by atoms with Crippen molar-refractivity contribution in [3.63, 3.8) is 0 Å². The number of unbranched alkanes of at least 4 members (excludes halogenated alkanes) is 2. The van der Waals surface area contributed by atoms with E-state index < -0.39 is 0 Å². The lowest BCUT2D eigenvalue weighted by molar-refractivity contribution is -0.123. The third kappa shape index (κ3) is 21.9. The van der Waals surface area contributed by atoms with Crippen molar-refractivity contribution in [1.82, 2.24) is 0 Å². The second-order valence-electron chi connectivity index (χ2n) is 5.06. The molecule has 1 rings (SSSR count). The quantitative estimate of drug-likeness (QED) is 0.325. The fourth-order valence-corrected chi connectivity index (χ4v) is 1.98. The van der Waals surface area contributed by atoms with Crippen LogP contribution in [0.25, 0.3) is 0 Å². The zero-order chi connectivity index (χ0) is 21.3. The standard InChI is InChI=1S/C13H18O2.C6H14O2.2CH2O/c1-2-3-4-5-12-6-8-13(9-7-12)15-11-10-14;1-4-7-6(3)8-5-2;2*1-2/h6-10H,2-5,11H2,1H3;6H,4-5H2,1-3H3;2*1H2. The molecule has 0 heterocycles. The van der Waals surface area contributed by atoms with Gasteiger partial charge in [0.1, 0.15) is 25.9 Å². The molecule has 0 aromatic heterocycles. The molecule has 0 saturated heterocycles. The Morgan fingerprint density at radius 3 is 1.85 bits per heavy atom. The molecule has 0 amide bonds. The molecule has 6 heteroatoms. The van der Waals surface area contributed by atoms with Crippen LogP contribution in [0, 0.1) is 0 Å². The van der Waals surface area contributed by atoms with E-state index in [1.54, 1.807) is 0 Å². The maximum Gasteiger partial charge on any atom is 0.157 e. The number of aldehydes is 1. The molecule has 1 aromatic rings. The first-order valence-corrected chi connectivity index (χ1v) is 9.14. The van der Waals surface area contributed by atoms with Crippen molar-refractivity contribution in [3.05, 3.63) is 29.8 Å². The van der Waals surface area contributed by atoms with Crippen molar-refractivity contribution in [2.45, 2.75) is 59.7 Å². The number of carbonyl (C=O) groups excluding carboxylic acids is 3. The Labute approximate surface area is 164 Å². The molecular formula is C21H36O6. The highest BCUT2D eigenvalue weighted by atomic mass is 16.7. The van der Waals surface area contributed by atoms with Crippen molar-refractivity contribution in [2.75, 3.05) is 19.8 Å². The predicted octanol–water partition coefficient (Wildman–Crippen LogP) is 4.03. The van der Waals surface area contributed by atoms with E-state index in [2.05, 4.69) is 19.1 Å². The topological polar surface area (TPSA) is 78.9 Å². The van der Waals surface area contributed by atoms with E-state index in [0.717, 1.165) is 31.7 Å². The summed E-state index contributed by atoms with van der Waals surface area (Å²) in [7, 11) is 0. The van der Waals surface area contributed by atoms with Crippen LogP contribution in [-0.4, -0.2) is 46.0 Å². The lowest BCUT2D eigenvalue weighted by atomic mass is 10.1. The second kappa shape index (κ2) is 26.2. The molecule has 0 aliphatic carbocycles. The number of benzene rings is 1. The molecule has 0 fully saturated rings. The molecule has 156 valence electrons. The fraction of sp³-hybridized carbons (Fsp3) is 0.571. The Balaban J connectivity index is -0.000000408. The zero-order valence-electron chi connectivity index (χ0n) is 17.3. The summed E-state index contributed by atoms with van der Waals surface area (Å²) >= 11 is 0. The minimum Gasteiger partial charge on any atom is -0.486 e. The molecule has 27 heavy (non-hydrogen) atoms. The molecule has 1 aromatic carbocycles. The first-order valence-electron chi connectivity index (χ1n) is 9.14. The monoisotopic (exact) mass is 384 g/mol. The van der Waals surface area contributed by atoms with E-state index in [9.17, 15) is 4.79 Å². The van der Waals surface area contributed by atoms with Crippen molar-refractivity contribution in [2.24, 2.45) is 0 Å². The average Bonchev–Trinajstić information content (AvgIpc) is 2.71. The molecule has 0 radical (unpaired) electrons. The van der Waals surface area contributed by atoms with Crippen molar-refractivity contribution < 1.29 is 28.6 Å². The number of hydrogen-bond donors (Lipinski definition) is 0. The number of ether oxygens (including phenoxy) is 3. The van der Waals surface area contributed by atoms with Crippen LogP contribution in [0.1, 0.15) is 52.5 Å². The summed E-state index contributed by atoms with van der Waals surface area (Å²) in [5, 5.41) is 0. The predicted molar refractivity (Wildman–Crippen MR) is 108 cm³/mol. The first kappa shape index (κ1) is 29.7. The highest BCUT2D eigenvalue weighted by molar-refractivity contribution is 5.51. The first-order chi connectivity index (χ1) is 13.2. The van der Waals surface area contributed by atoms with E-state index in [-0.39, 0.29) is 12.9 Å². The molecule has 0 spiro atoms. The Morgan fingerprint density at radius 2 is 1.44 bits per heavy atom. The molecule has 0 N–H and O–H groups in total. The Kier molecular flexibility index (Phi) is 28.8. The van der Waals surface area contributed by atoms with Gasteiger partial charge in [-0.05, 0) is 51.3 Å². The van der Waals surface area contributed by atoms with Gasteiger partial charge in [-0.2, -0.15) is 0 Å². The van der Waals surface area contributed by atoms with Gasteiger partial charge in [-0.3, -0.25) is 4.79 Å². The highest BCUT2D eigenvalue weighted by Gasteiger charge is 1.96. The van der Waals surface area contributed by atoms with Crippen molar-refractivity contribution >= 4 is 19.9 Å². The molecular weight excluding hydrogens is 348 g/mol. The molecule has 0 aliphatic rings. The fourth-order valence-electron chi connectivity index (χ4n) is 1.98. The molecule has 0 bridgehead atoms. The van der Waals surface area contributed by atoms with Crippen LogP contribution in [0.5, 0.6) is 5.75 Å². The SMILES string of the molecule is C=O.C=O.CCCCCc1ccc(OCC=O)cc1.CCOC(C)OCC. The number of rotatable bonds is 11. The van der Waals surface area contributed by atoms with Crippen LogP contribution >= 0.6 is 0 Å². The van der Waals surface area contributed by atoms with E-state index >= 15 is 0 Å². The van der Waals surface area contributed by atoms with Crippen LogP contribution in [-0.2, 0) is 30.3 Å². The molecule has 6 nitrogen and oxygen atoms in total. The smallest absolute Gasteiger partial charge is 0.157 e.